The number of hydrogen-bond acceptors (Lipinski definition) is 3. The highest BCUT2D eigenvalue weighted by Gasteiger charge is 2.01. The van der Waals surface area contributed by atoms with Gasteiger partial charge in [-0.1, -0.05) is 13.3 Å². The van der Waals surface area contributed by atoms with Crippen LogP contribution in [0.4, 0.5) is 0 Å². The molecule has 0 bridgehead atoms. The largest absolute Gasteiger partial charge is 0.297 e. The number of nitrogens with zero attached hydrogens (tertiary/aromatic N) is 1. The Morgan fingerprint density at radius 2 is 2.60 bits per heavy atom. The summed E-state index contributed by atoms with van der Waals surface area (Å²) >= 11 is 1.41. The third kappa shape index (κ3) is 1.42. The molecule has 0 unspecified atom stereocenters. The zero-order valence-electron chi connectivity index (χ0n) is 5.83. The van der Waals surface area contributed by atoms with Gasteiger partial charge < -0.3 is 0 Å². The van der Waals surface area contributed by atoms with Gasteiger partial charge in [-0.3, -0.25) is 4.79 Å². The number of aldehydes is 1. The van der Waals surface area contributed by atoms with Crippen LogP contribution in [0.5, 0.6) is 0 Å². The van der Waals surface area contributed by atoms with E-state index in [0.29, 0.717) is 0 Å². The van der Waals surface area contributed by atoms with Crippen molar-refractivity contribution in [1.29, 1.82) is 0 Å². The predicted octanol–water partition coefficient (Wildman–Crippen LogP) is 1.91. The summed E-state index contributed by atoms with van der Waals surface area (Å²) in [5.41, 5.74) is 2.66. The van der Waals surface area contributed by atoms with Crippen LogP contribution in [0.3, 0.4) is 0 Å². The lowest BCUT2D eigenvalue weighted by Crippen LogP contribution is -1.87. The minimum atomic E-state index is 0.779. The first kappa shape index (κ1) is 7.41. The highest BCUT2D eigenvalue weighted by atomic mass is 32.1. The highest BCUT2D eigenvalue weighted by molar-refractivity contribution is 7.11. The van der Waals surface area contributed by atoms with Crippen molar-refractivity contribution in [2.24, 2.45) is 0 Å². The summed E-state index contributed by atoms with van der Waals surface area (Å²) in [5.74, 6) is 0. The second-order valence-corrected chi connectivity index (χ2v) is 2.92. The number of carbonyl (C=O) groups is 1. The van der Waals surface area contributed by atoms with Gasteiger partial charge in [0.2, 0.25) is 0 Å². The maximum atomic E-state index is 10.3. The highest BCUT2D eigenvalue weighted by Crippen LogP contribution is 2.11. The van der Waals surface area contributed by atoms with Crippen molar-refractivity contribution in [3.8, 4) is 0 Å². The van der Waals surface area contributed by atoms with Gasteiger partial charge in [-0.15, -0.1) is 11.3 Å². The Bertz CT molecular complexity index is 219. The van der Waals surface area contributed by atoms with Crippen molar-refractivity contribution in [2.45, 2.75) is 19.8 Å². The van der Waals surface area contributed by atoms with Crippen molar-refractivity contribution in [1.82, 2.24) is 4.98 Å². The molecule has 0 aliphatic carbocycles. The second-order valence-electron chi connectivity index (χ2n) is 2.03. The zero-order valence-corrected chi connectivity index (χ0v) is 6.65. The average molecular weight is 155 g/mol. The number of rotatable bonds is 3. The molecule has 1 aromatic rings. The summed E-state index contributed by atoms with van der Waals surface area (Å²) in [6, 6.07) is 0. The Labute approximate surface area is 63.9 Å². The molecule has 0 atom stereocenters. The molecule has 3 heteroatoms. The quantitative estimate of drug-likeness (QED) is 0.624. The molecule has 0 N–H and O–H groups in total. The Morgan fingerprint density at radius 3 is 3.20 bits per heavy atom. The van der Waals surface area contributed by atoms with Crippen LogP contribution in [0.1, 0.15) is 28.7 Å². The minimum absolute atomic E-state index is 0.779. The molecule has 0 saturated carbocycles. The van der Waals surface area contributed by atoms with Crippen molar-refractivity contribution < 1.29 is 4.79 Å². The van der Waals surface area contributed by atoms with Crippen LogP contribution in [-0.2, 0) is 6.42 Å². The summed E-state index contributed by atoms with van der Waals surface area (Å²) in [5, 5.41) is 0. The number of carbonyl (C=O) groups excluding carboxylic acids is 1. The minimum Gasteiger partial charge on any atom is -0.297 e. The SMILES string of the molecule is CCCc1ncsc1C=O. The molecule has 1 rings (SSSR count). The van der Waals surface area contributed by atoms with Gasteiger partial charge in [0, 0.05) is 0 Å². The summed E-state index contributed by atoms with van der Waals surface area (Å²) in [7, 11) is 0. The summed E-state index contributed by atoms with van der Waals surface area (Å²) < 4.78 is 0. The normalized spacial score (nSPS) is 9.70. The van der Waals surface area contributed by atoms with Crippen LogP contribution >= 0.6 is 11.3 Å². The van der Waals surface area contributed by atoms with Gasteiger partial charge in [0.05, 0.1) is 16.1 Å². The first-order chi connectivity index (χ1) is 4.88. The Kier molecular flexibility index (Phi) is 2.57. The van der Waals surface area contributed by atoms with Gasteiger partial charge in [0.1, 0.15) is 0 Å². The van der Waals surface area contributed by atoms with Crippen LogP contribution in [0.25, 0.3) is 0 Å². The molecule has 0 aliphatic rings. The van der Waals surface area contributed by atoms with E-state index in [-0.39, 0.29) is 0 Å². The molecular formula is C7H9NOS. The van der Waals surface area contributed by atoms with Crippen LogP contribution in [0.2, 0.25) is 0 Å². The van der Waals surface area contributed by atoms with Gasteiger partial charge in [0.15, 0.2) is 6.29 Å². The van der Waals surface area contributed by atoms with Gasteiger partial charge in [-0.05, 0) is 6.42 Å². The maximum absolute atomic E-state index is 10.3. The van der Waals surface area contributed by atoms with Gasteiger partial charge in [-0.2, -0.15) is 0 Å². The molecule has 0 aromatic carbocycles. The van der Waals surface area contributed by atoms with Crippen LogP contribution < -0.4 is 0 Å². The first-order valence-corrected chi connectivity index (χ1v) is 4.14. The lowest BCUT2D eigenvalue weighted by atomic mass is 10.2. The summed E-state index contributed by atoms with van der Waals surface area (Å²) in [6.45, 7) is 2.08. The predicted molar refractivity (Wildman–Crippen MR) is 41.5 cm³/mol. The van der Waals surface area contributed by atoms with E-state index in [4.69, 9.17) is 0 Å². The Morgan fingerprint density at radius 1 is 1.80 bits per heavy atom. The lowest BCUT2D eigenvalue weighted by molar-refractivity contribution is 0.112. The molecular weight excluding hydrogens is 146 g/mol. The molecule has 0 amide bonds. The van der Waals surface area contributed by atoms with Crippen LogP contribution in [-0.4, -0.2) is 11.3 Å². The molecule has 2 nitrogen and oxygen atoms in total. The van der Waals surface area contributed by atoms with Crippen molar-refractivity contribution in [3.63, 3.8) is 0 Å². The van der Waals surface area contributed by atoms with Crippen LogP contribution in [0.15, 0.2) is 5.51 Å². The fourth-order valence-corrected chi connectivity index (χ4v) is 1.44. The van der Waals surface area contributed by atoms with Gasteiger partial charge in [-0.25, -0.2) is 4.98 Å². The van der Waals surface area contributed by atoms with Crippen molar-refractivity contribution >= 4 is 17.6 Å². The van der Waals surface area contributed by atoms with Crippen molar-refractivity contribution in [3.05, 3.63) is 16.1 Å². The average Bonchev–Trinajstić information content (AvgIpc) is 2.36. The smallest absolute Gasteiger partial charge is 0.161 e. The van der Waals surface area contributed by atoms with Crippen molar-refractivity contribution in [2.75, 3.05) is 0 Å². The second kappa shape index (κ2) is 3.46. The van der Waals surface area contributed by atoms with Gasteiger partial charge in [0.25, 0.3) is 0 Å². The molecule has 0 fully saturated rings. The van der Waals surface area contributed by atoms with E-state index in [9.17, 15) is 4.79 Å². The molecule has 54 valence electrons. The number of aryl methyl sites for hydroxylation is 1. The fourth-order valence-electron chi connectivity index (χ4n) is 0.799. The number of hydrogen-bond donors (Lipinski definition) is 0. The topological polar surface area (TPSA) is 30.0 Å². The van der Waals surface area contributed by atoms with E-state index >= 15 is 0 Å². The molecule has 0 aliphatic heterocycles. The van der Waals surface area contributed by atoms with Crippen LogP contribution in [0, 0.1) is 0 Å². The molecule has 0 saturated heterocycles. The zero-order chi connectivity index (χ0) is 7.40. The standard InChI is InChI=1S/C7H9NOS/c1-2-3-6-7(4-9)10-5-8-6/h4-5H,2-3H2,1H3. The Hall–Kier alpha value is -0.700. The molecule has 1 heterocycles. The monoisotopic (exact) mass is 155 g/mol. The molecule has 0 radical (unpaired) electrons. The van der Waals surface area contributed by atoms with E-state index in [1.54, 1.807) is 5.51 Å². The Balaban J connectivity index is 2.79. The van der Waals surface area contributed by atoms with E-state index in [2.05, 4.69) is 11.9 Å². The summed E-state index contributed by atoms with van der Waals surface area (Å²) in [4.78, 5) is 15.2. The van der Waals surface area contributed by atoms with Gasteiger partial charge >= 0.3 is 0 Å². The van der Waals surface area contributed by atoms with E-state index in [1.165, 1.54) is 11.3 Å². The molecule has 0 spiro atoms. The summed E-state index contributed by atoms with van der Waals surface area (Å²) in [6.07, 6.45) is 2.84. The maximum Gasteiger partial charge on any atom is 0.161 e. The van der Waals surface area contributed by atoms with E-state index < -0.39 is 0 Å². The first-order valence-electron chi connectivity index (χ1n) is 3.26. The lowest BCUT2D eigenvalue weighted by Gasteiger charge is -1.89. The molecule has 1 aromatic heterocycles. The third-order valence-corrected chi connectivity index (χ3v) is 2.06. The molecule has 10 heavy (non-hydrogen) atoms. The fraction of sp³-hybridized carbons (Fsp3) is 0.429. The third-order valence-electron chi connectivity index (χ3n) is 1.27. The number of thiazole rings is 1. The number of aromatic nitrogens is 1. The van der Waals surface area contributed by atoms with E-state index in [1.807, 2.05) is 0 Å². The van der Waals surface area contributed by atoms with E-state index in [0.717, 1.165) is 29.7 Å².